The van der Waals surface area contributed by atoms with Crippen molar-refractivity contribution in [3.63, 3.8) is 0 Å². The second-order valence-electron chi connectivity index (χ2n) is 10.8. The van der Waals surface area contributed by atoms with Gasteiger partial charge in [0.1, 0.15) is 5.60 Å². The summed E-state index contributed by atoms with van der Waals surface area (Å²) in [6, 6.07) is 20.7. The van der Waals surface area contributed by atoms with Crippen molar-refractivity contribution in [3.05, 3.63) is 77.5 Å². The van der Waals surface area contributed by atoms with Gasteiger partial charge < -0.3 is 15.3 Å². The van der Waals surface area contributed by atoms with Gasteiger partial charge in [-0.15, -0.1) is 0 Å². The van der Waals surface area contributed by atoms with Crippen molar-refractivity contribution >= 4 is 11.8 Å². The molecular weight excluding hydrogens is 450 g/mol. The highest BCUT2D eigenvalue weighted by atomic mass is 16.6. The van der Waals surface area contributed by atoms with Crippen LogP contribution in [0.3, 0.4) is 0 Å². The van der Waals surface area contributed by atoms with Gasteiger partial charge in [-0.3, -0.25) is 4.98 Å². The molecule has 5 rings (SSSR count). The van der Waals surface area contributed by atoms with Crippen LogP contribution >= 0.6 is 0 Å². The Bertz CT molecular complexity index is 1290. The Balaban J connectivity index is 1.52. The van der Waals surface area contributed by atoms with Gasteiger partial charge in [-0.1, -0.05) is 59.8 Å². The Morgan fingerprint density at radius 2 is 1.69 bits per heavy atom. The summed E-state index contributed by atoms with van der Waals surface area (Å²) in [7, 11) is 0. The van der Waals surface area contributed by atoms with E-state index in [9.17, 15) is 10.0 Å². The molecule has 0 bridgehead atoms. The number of oxime groups is 1. The van der Waals surface area contributed by atoms with Crippen LogP contribution in [-0.4, -0.2) is 27.6 Å². The fraction of sp³-hybridized carbons (Fsp3) is 0.367. The maximum Gasteiger partial charge on any atom is 0.408 e. The summed E-state index contributed by atoms with van der Waals surface area (Å²) in [6.07, 6.45) is 4.99. The van der Waals surface area contributed by atoms with E-state index in [1.807, 2.05) is 39.0 Å². The van der Waals surface area contributed by atoms with E-state index in [-0.39, 0.29) is 11.6 Å². The second kappa shape index (κ2) is 9.41. The highest BCUT2D eigenvalue weighted by molar-refractivity contribution is 6.03. The zero-order chi connectivity index (χ0) is 25.3. The van der Waals surface area contributed by atoms with E-state index >= 15 is 0 Å². The molecule has 0 spiro atoms. The lowest BCUT2D eigenvalue weighted by atomic mass is 9.71. The molecule has 1 aromatic heterocycles. The first-order chi connectivity index (χ1) is 17.3. The number of nitrogens with zero attached hydrogens (tertiary/aromatic N) is 2. The fourth-order valence-electron chi connectivity index (χ4n) is 5.17. The number of alkyl carbamates (subject to hydrolysis) is 1. The maximum absolute atomic E-state index is 12.5. The summed E-state index contributed by atoms with van der Waals surface area (Å²) in [6.45, 7) is 5.63. The van der Waals surface area contributed by atoms with E-state index < -0.39 is 5.60 Å². The van der Waals surface area contributed by atoms with Gasteiger partial charge in [0.25, 0.3) is 0 Å². The van der Waals surface area contributed by atoms with Gasteiger partial charge in [0, 0.05) is 16.7 Å². The van der Waals surface area contributed by atoms with Crippen LogP contribution in [0.4, 0.5) is 4.79 Å². The molecule has 1 fully saturated rings. The van der Waals surface area contributed by atoms with E-state index in [0.717, 1.165) is 77.7 Å². The molecule has 0 radical (unpaired) electrons. The molecule has 186 valence electrons. The smallest absolute Gasteiger partial charge is 0.408 e. The van der Waals surface area contributed by atoms with E-state index in [2.05, 4.69) is 52.9 Å². The fourth-order valence-corrected chi connectivity index (χ4v) is 5.17. The number of carbonyl (C=O) groups is 1. The van der Waals surface area contributed by atoms with Crippen LogP contribution in [0.1, 0.15) is 69.7 Å². The van der Waals surface area contributed by atoms with Crippen molar-refractivity contribution < 1.29 is 14.7 Å². The first-order valence-corrected chi connectivity index (χ1v) is 12.7. The number of nitrogens with one attached hydrogen (secondary N) is 1. The second-order valence-corrected chi connectivity index (χ2v) is 10.8. The lowest BCUT2D eigenvalue weighted by Crippen LogP contribution is -2.52. The molecule has 6 heteroatoms. The quantitative estimate of drug-likeness (QED) is 0.314. The molecule has 1 heterocycles. The lowest BCUT2D eigenvalue weighted by Gasteiger charge is -2.43. The van der Waals surface area contributed by atoms with E-state index in [1.165, 1.54) is 0 Å². The third kappa shape index (κ3) is 4.72. The molecule has 1 amide bonds. The molecule has 6 nitrogen and oxygen atoms in total. The van der Waals surface area contributed by atoms with E-state index in [4.69, 9.17) is 9.72 Å². The minimum atomic E-state index is -0.536. The molecule has 2 aliphatic rings. The lowest BCUT2D eigenvalue weighted by molar-refractivity contribution is 0.0377. The number of carbonyl (C=O) groups excluding carboxylic acids is 1. The first kappa shape index (κ1) is 24.0. The highest BCUT2D eigenvalue weighted by Crippen LogP contribution is 2.42. The summed E-state index contributed by atoms with van der Waals surface area (Å²) in [5, 5.41) is 16.3. The summed E-state index contributed by atoms with van der Waals surface area (Å²) < 4.78 is 5.53. The van der Waals surface area contributed by atoms with Gasteiger partial charge in [-0.2, -0.15) is 0 Å². The minimum Gasteiger partial charge on any atom is -0.444 e. The monoisotopic (exact) mass is 483 g/mol. The number of aryl methyl sites for hydroxylation is 1. The van der Waals surface area contributed by atoms with Crippen molar-refractivity contribution in [2.24, 2.45) is 5.16 Å². The zero-order valence-electron chi connectivity index (χ0n) is 21.2. The number of hydrogen-bond donors (Lipinski definition) is 2. The van der Waals surface area contributed by atoms with E-state index in [1.54, 1.807) is 0 Å². The summed E-state index contributed by atoms with van der Waals surface area (Å²) >= 11 is 0. The molecule has 1 saturated carbocycles. The molecular formula is C30H33N3O3. The molecule has 2 aliphatic carbocycles. The molecule has 0 unspecified atom stereocenters. The van der Waals surface area contributed by atoms with Gasteiger partial charge >= 0.3 is 6.09 Å². The largest absolute Gasteiger partial charge is 0.444 e. The SMILES string of the molecule is CC(C)(C)OC(=O)NC1(c2ccc(-c3nc4c(cc3-c3ccccc3)C(=NO)CCC4)cc2)CCC1. The van der Waals surface area contributed by atoms with Gasteiger partial charge in [-0.25, -0.2) is 4.79 Å². The van der Waals surface area contributed by atoms with Crippen LogP contribution in [-0.2, 0) is 16.7 Å². The summed E-state index contributed by atoms with van der Waals surface area (Å²) in [4.78, 5) is 17.6. The molecule has 3 aromatic rings. The number of pyridine rings is 1. The Morgan fingerprint density at radius 3 is 2.31 bits per heavy atom. The summed E-state index contributed by atoms with van der Waals surface area (Å²) in [5.41, 5.74) is 6.75. The predicted octanol–water partition coefficient (Wildman–Crippen LogP) is 6.83. The normalized spacial score (nSPS) is 17.7. The van der Waals surface area contributed by atoms with Crippen molar-refractivity contribution in [1.82, 2.24) is 10.3 Å². The Labute approximate surface area is 212 Å². The van der Waals surface area contributed by atoms with Gasteiger partial charge in [-0.05, 0) is 76.5 Å². The Hall–Kier alpha value is -3.67. The van der Waals surface area contributed by atoms with Crippen molar-refractivity contribution in [1.29, 1.82) is 0 Å². The van der Waals surface area contributed by atoms with Crippen LogP contribution < -0.4 is 5.32 Å². The Morgan fingerprint density at radius 1 is 0.972 bits per heavy atom. The van der Waals surface area contributed by atoms with Crippen LogP contribution in [0.2, 0.25) is 0 Å². The zero-order valence-corrected chi connectivity index (χ0v) is 21.2. The maximum atomic E-state index is 12.5. The minimum absolute atomic E-state index is 0.379. The third-order valence-corrected chi connectivity index (χ3v) is 7.10. The van der Waals surface area contributed by atoms with Crippen LogP contribution in [0, 0.1) is 0 Å². The van der Waals surface area contributed by atoms with Crippen molar-refractivity contribution in [2.45, 2.75) is 70.4 Å². The molecule has 0 atom stereocenters. The number of aromatic nitrogens is 1. The van der Waals surface area contributed by atoms with Crippen LogP contribution in [0.15, 0.2) is 65.8 Å². The van der Waals surface area contributed by atoms with E-state index in [0.29, 0.717) is 5.71 Å². The average Bonchev–Trinajstić information content (AvgIpc) is 2.84. The molecule has 0 aliphatic heterocycles. The molecule has 36 heavy (non-hydrogen) atoms. The van der Waals surface area contributed by atoms with Crippen LogP contribution in [0.25, 0.3) is 22.4 Å². The Kier molecular flexibility index (Phi) is 6.29. The van der Waals surface area contributed by atoms with Crippen LogP contribution in [0.5, 0.6) is 0 Å². The van der Waals surface area contributed by atoms with Gasteiger partial charge in [0.2, 0.25) is 0 Å². The third-order valence-electron chi connectivity index (χ3n) is 7.10. The van der Waals surface area contributed by atoms with Gasteiger partial charge in [0.15, 0.2) is 0 Å². The topological polar surface area (TPSA) is 83.8 Å². The number of benzene rings is 2. The summed E-state index contributed by atoms with van der Waals surface area (Å²) in [5.74, 6) is 0. The number of ether oxygens (including phenoxy) is 1. The molecule has 2 aromatic carbocycles. The number of amides is 1. The highest BCUT2D eigenvalue weighted by Gasteiger charge is 2.41. The van der Waals surface area contributed by atoms with Gasteiger partial charge in [0.05, 0.1) is 22.6 Å². The molecule has 2 N–H and O–H groups in total. The first-order valence-electron chi connectivity index (χ1n) is 12.7. The number of rotatable bonds is 4. The number of hydrogen-bond acceptors (Lipinski definition) is 5. The van der Waals surface area contributed by atoms with Crippen molar-refractivity contribution in [3.8, 4) is 22.4 Å². The average molecular weight is 484 g/mol. The predicted molar refractivity (Wildman–Crippen MR) is 141 cm³/mol. The molecule has 0 saturated heterocycles. The standard InChI is InChI=1S/C30H33N3O3/c1-29(2,3)36-28(34)32-30(17-8-18-30)22-15-13-21(14-16-22)27-23(20-9-5-4-6-10-20)19-24-25(31-27)11-7-12-26(24)33-35/h4-6,9-10,13-16,19,35H,7-8,11-12,17-18H2,1-3H3,(H,32,34). The number of fused-ring (bicyclic) bond motifs is 1. The van der Waals surface area contributed by atoms with Crippen molar-refractivity contribution in [2.75, 3.05) is 0 Å².